The second kappa shape index (κ2) is 6.05. The van der Waals surface area contributed by atoms with Crippen molar-refractivity contribution in [2.24, 2.45) is 0 Å². The van der Waals surface area contributed by atoms with Crippen LogP contribution >= 0.6 is 0 Å². The molecule has 0 radical (unpaired) electrons. The van der Waals surface area contributed by atoms with Gasteiger partial charge >= 0.3 is 0 Å². The van der Waals surface area contributed by atoms with E-state index in [0.717, 1.165) is 28.1 Å². The average molecular weight is 313 g/mol. The van der Waals surface area contributed by atoms with E-state index >= 15 is 0 Å². The van der Waals surface area contributed by atoms with Crippen LogP contribution in [0.4, 0.5) is 0 Å². The largest absolute Gasteiger partial charge is 0.508 e. The van der Waals surface area contributed by atoms with Crippen LogP contribution in [0.1, 0.15) is 0 Å². The first-order valence-corrected chi connectivity index (χ1v) is 7.72. The summed E-state index contributed by atoms with van der Waals surface area (Å²) in [7, 11) is 0. The molecule has 3 nitrogen and oxygen atoms in total. The molecule has 1 heterocycles. The number of aromatic hydroxyl groups is 1. The van der Waals surface area contributed by atoms with Gasteiger partial charge in [0, 0.05) is 16.7 Å². The van der Waals surface area contributed by atoms with E-state index in [1.54, 1.807) is 18.2 Å². The maximum atomic E-state index is 9.72. The van der Waals surface area contributed by atoms with Crippen LogP contribution in [0.3, 0.4) is 0 Å². The molecule has 0 bridgehead atoms. The number of rotatable bonds is 3. The van der Waals surface area contributed by atoms with Crippen LogP contribution in [-0.4, -0.2) is 10.1 Å². The Labute approximate surface area is 139 Å². The number of benzene rings is 3. The summed E-state index contributed by atoms with van der Waals surface area (Å²) >= 11 is 0. The van der Waals surface area contributed by atoms with E-state index in [0.29, 0.717) is 5.89 Å². The van der Waals surface area contributed by atoms with Gasteiger partial charge in [-0.3, -0.25) is 0 Å². The highest BCUT2D eigenvalue weighted by Gasteiger charge is 2.17. The molecular formula is C21H15NO2. The van der Waals surface area contributed by atoms with E-state index in [1.165, 1.54) is 0 Å². The van der Waals surface area contributed by atoms with Gasteiger partial charge in [0.05, 0.1) is 0 Å². The highest BCUT2D eigenvalue weighted by atomic mass is 16.4. The molecule has 3 heteroatoms. The molecule has 0 atom stereocenters. The lowest BCUT2D eigenvalue weighted by Gasteiger charge is -2.00. The molecular weight excluding hydrogens is 298 g/mol. The van der Waals surface area contributed by atoms with Crippen LogP contribution in [0.2, 0.25) is 0 Å². The Hall–Kier alpha value is -3.33. The number of hydrogen-bond donors (Lipinski definition) is 1. The van der Waals surface area contributed by atoms with E-state index in [-0.39, 0.29) is 5.75 Å². The average Bonchev–Trinajstić information content (AvgIpc) is 3.09. The third kappa shape index (κ3) is 2.68. The maximum Gasteiger partial charge on any atom is 0.227 e. The molecule has 0 aliphatic rings. The maximum absolute atomic E-state index is 9.72. The Kier molecular flexibility index (Phi) is 3.60. The summed E-state index contributed by atoms with van der Waals surface area (Å²) in [5, 5.41) is 9.72. The van der Waals surface area contributed by atoms with Crippen molar-refractivity contribution in [1.29, 1.82) is 0 Å². The Morgan fingerprint density at radius 1 is 0.667 bits per heavy atom. The zero-order valence-corrected chi connectivity index (χ0v) is 12.9. The monoisotopic (exact) mass is 313 g/mol. The van der Waals surface area contributed by atoms with Gasteiger partial charge in [-0.1, -0.05) is 66.7 Å². The molecule has 0 spiro atoms. The fourth-order valence-electron chi connectivity index (χ4n) is 2.66. The number of hydrogen-bond acceptors (Lipinski definition) is 3. The van der Waals surface area contributed by atoms with Gasteiger partial charge < -0.3 is 9.52 Å². The Bertz CT molecular complexity index is 903. The van der Waals surface area contributed by atoms with Gasteiger partial charge in [-0.05, 0) is 18.2 Å². The third-order valence-corrected chi connectivity index (χ3v) is 3.80. The van der Waals surface area contributed by atoms with E-state index < -0.39 is 0 Å². The summed E-state index contributed by atoms with van der Waals surface area (Å²) < 4.78 is 6.07. The Balaban J connectivity index is 1.91. The van der Waals surface area contributed by atoms with Gasteiger partial charge in [-0.25, -0.2) is 4.98 Å². The molecule has 0 amide bonds. The molecule has 0 aliphatic carbocycles. The number of aromatic nitrogens is 1. The standard InChI is InChI=1S/C21H15NO2/c23-18-13-7-12-17(14-18)21-22-19(15-8-3-1-4-9-15)20(24-21)16-10-5-2-6-11-16/h1-14,23H. The number of phenolic OH excluding ortho intramolecular Hbond substituents is 1. The van der Waals surface area contributed by atoms with Crippen LogP contribution in [0.5, 0.6) is 5.75 Å². The number of phenols is 1. The van der Waals surface area contributed by atoms with Gasteiger partial charge in [-0.15, -0.1) is 0 Å². The summed E-state index contributed by atoms with van der Waals surface area (Å²) in [6, 6.07) is 26.8. The molecule has 3 aromatic carbocycles. The van der Waals surface area contributed by atoms with E-state index in [1.807, 2.05) is 66.7 Å². The molecule has 0 saturated carbocycles. The second-order valence-corrected chi connectivity index (χ2v) is 5.48. The van der Waals surface area contributed by atoms with Crippen molar-refractivity contribution in [1.82, 2.24) is 4.98 Å². The van der Waals surface area contributed by atoms with E-state index in [4.69, 9.17) is 9.40 Å². The van der Waals surface area contributed by atoms with Crippen molar-refractivity contribution < 1.29 is 9.52 Å². The first kappa shape index (κ1) is 14.3. The predicted octanol–water partition coefficient (Wildman–Crippen LogP) is 5.38. The van der Waals surface area contributed by atoms with Gasteiger partial charge in [0.1, 0.15) is 11.4 Å². The van der Waals surface area contributed by atoms with Crippen molar-refractivity contribution in [3.63, 3.8) is 0 Å². The fraction of sp³-hybridized carbons (Fsp3) is 0. The first-order valence-electron chi connectivity index (χ1n) is 7.72. The van der Waals surface area contributed by atoms with Crippen molar-refractivity contribution in [3.05, 3.63) is 84.9 Å². The Morgan fingerprint density at radius 2 is 1.29 bits per heavy atom. The van der Waals surface area contributed by atoms with Gasteiger partial charge in [0.2, 0.25) is 5.89 Å². The molecule has 116 valence electrons. The van der Waals surface area contributed by atoms with Gasteiger partial charge in [0.15, 0.2) is 5.76 Å². The molecule has 0 aliphatic heterocycles. The van der Waals surface area contributed by atoms with Gasteiger partial charge in [0.25, 0.3) is 0 Å². The molecule has 1 aromatic heterocycles. The lowest BCUT2D eigenvalue weighted by Crippen LogP contribution is -1.82. The zero-order valence-electron chi connectivity index (χ0n) is 12.9. The topological polar surface area (TPSA) is 46.3 Å². The van der Waals surface area contributed by atoms with Crippen molar-refractivity contribution in [2.75, 3.05) is 0 Å². The normalized spacial score (nSPS) is 10.7. The number of oxazole rings is 1. The molecule has 4 aromatic rings. The van der Waals surface area contributed by atoms with Crippen LogP contribution < -0.4 is 0 Å². The predicted molar refractivity (Wildman–Crippen MR) is 94.5 cm³/mol. The van der Waals surface area contributed by atoms with Crippen LogP contribution in [0, 0.1) is 0 Å². The summed E-state index contributed by atoms with van der Waals surface area (Å²) in [5.74, 6) is 1.40. The van der Waals surface area contributed by atoms with Crippen molar-refractivity contribution >= 4 is 0 Å². The quantitative estimate of drug-likeness (QED) is 0.552. The highest BCUT2D eigenvalue weighted by molar-refractivity contribution is 5.79. The summed E-state index contributed by atoms with van der Waals surface area (Å²) in [4.78, 5) is 4.69. The van der Waals surface area contributed by atoms with Crippen molar-refractivity contribution in [2.45, 2.75) is 0 Å². The fourth-order valence-corrected chi connectivity index (χ4v) is 2.66. The SMILES string of the molecule is Oc1cccc(-c2nc(-c3ccccc3)c(-c3ccccc3)o2)c1. The van der Waals surface area contributed by atoms with Crippen molar-refractivity contribution in [3.8, 4) is 39.8 Å². The van der Waals surface area contributed by atoms with E-state index in [9.17, 15) is 5.11 Å². The van der Waals surface area contributed by atoms with Crippen LogP contribution in [-0.2, 0) is 0 Å². The van der Waals surface area contributed by atoms with Crippen LogP contribution in [0.15, 0.2) is 89.3 Å². The van der Waals surface area contributed by atoms with Gasteiger partial charge in [-0.2, -0.15) is 0 Å². The minimum Gasteiger partial charge on any atom is -0.508 e. The minimum atomic E-state index is 0.188. The first-order chi connectivity index (χ1) is 11.8. The molecule has 24 heavy (non-hydrogen) atoms. The lowest BCUT2D eigenvalue weighted by atomic mass is 10.1. The summed E-state index contributed by atoms with van der Waals surface area (Å²) in [5.41, 5.74) is 3.50. The lowest BCUT2D eigenvalue weighted by molar-refractivity contribution is 0.475. The minimum absolute atomic E-state index is 0.188. The second-order valence-electron chi connectivity index (χ2n) is 5.48. The molecule has 1 N–H and O–H groups in total. The highest BCUT2D eigenvalue weighted by Crippen LogP contribution is 2.36. The van der Waals surface area contributed by atoms with E-state index in [2.05, 4.69) is 0 Å². The molecule has 0 saturated heterocycles. The Morgan fingerprint density at radius 3 is 1.96 bits per heavy atom. The molecule has 0 fully saturated rings. The summed E-state index contributed by atoms with van der Waals surface area (Å²) in [6.07, 6.45) is 0. The number of nitrogens with zero attached hydrogens (tertiary/aromatic N) is 1. The molecule has 0 unspecified atom stereocenters. The molecule has 4 rings (SSSR count). The van der Waals surface area contributed by atoms with Crippen LogP contribution in [0.25, 0.3) is 34.0 Å². The zero-order chi connectivity index (χ0) is 16.4. The smallest absolute Gasteiger partial charge is 0.227 e. The summed E-state index contributed by atoms with van der Waals surface area (Å²) in [6.45, 7) is 0. The third-order valence-electron chi connectivity index (χ3n) is 3.80.